The van der Waals surface area contributed by atoms with Gasteiger partial charge >= 0.3 is 6.09 Å². The summed E-state index contributed by atoms with van der Waals surface area (Å²) >= 11 is 0. The topological polar surface area (TPSA) is 61.8 Å². The van der Waals surface area contributed by atoms with Crippen LogP contribution in [0.15, 0.2) is 0 Å². The molecule has 0 radical (unpaired) electrons. The van der Waals surface area contributed by atoms with Crippen LogP contribution in [-0.2, 0) is 4.74 Å². The first-order valence-electron chi connectivity index (χ1n) is 8.63. The summed E-state index contributed by atoms with van der Waals surface area (Å²) in [4.78, 5) is 13.9. The highest BCUT2D eigenvalue weighted by atomic mass is 16.6. The summed E-state index contributed by atoms with van der Waals surface area (Å²) in [6, 6.07) is 0.358. The van der Waals surface area contributed by atoms with Crippen LogP contribution >= 0.6 is 0 Å². The van der Waals surface area contributed by atoms with E-state index in [1.807, 2.05) is 34.6 Å². The molecule has 2 N–H and O–H groups in total. The lowest BCUT2D eigenvalue weighted by molar-refractivity contribution is 0.0242. The highest BCUT2D eigenvalue weighted by Gasteiger charge is 2.27. The van der Waals surface area contributed by atoms with E-state index in [2.05, 4.69) is 5.32 Å². The van der Waals surface area contributed by atoms with Crippen molar-refractivity contribution in [3.63, 3.8) is 0 Å². The molecule has 5 nitrogen and oxygen atoms in total. The average molecular weight is 314 g/mol. The van der Waals surface area contributed by atoms with Crippen molar-refractivity contribution in [3.05, 3.63) is 0 Å². The van der Waals surface area contributed by atoms with Crippen molar-refractivity contribution in [2.75, 3.05) is 19.6 Å². The van der Waals surface area contributed by atoms with Gasteiger partial charge in [-0.2, -0.15) is 0 Å². The fourth-order valence-electron chi connectivity index (χ4n) is 2.64. The number of hydrogen-bond donors (Lipinski definition) is 2. The standard InChI is InChI=1S/C17H34N2O3/c1-6-17(21,7-2)13-18-14-9-8-11-19(12-10-14)15(20)22-16(3,4)5/h14,18,21H,6-13H2,1-5H3. The second-order valence-corrected chi connectivity index (χ2v) is 7.41. The molecule has 1 fully saturated rings. The van der Waals surface area contributed by atoms with Gasteiger partial charge in [0, 0.05) is 25.7 Å². The zero-order valence-corrected chi connectivity index (χ0v) is 14.9. The van der Waals surface area contributed by atoms with Crippen LogP contribution in [0.5, 0.6) is 0 Å². The molecule has 0 aromatic heterocycles. The maximum absolute atomic E-state index is 12.1. The number of ether oxygens (including phenoxy) is 1. The zero-order chi connectivity index (χ0) is 16.8. The molecule has 1 saturated heterocycles. The van der Waals surface area contributed by atoms with Crippen LogP contribution in [0.1, 0.15) is 66.7 Å². The van der Waals surface area contributed by atoms with Gasteiger partial charge in [-0.05, 0) is 52.9 Å². The third-order valence-electron chi connectivity index (χ3n) is 4.42. The van der Waals surface area contributed by atoms with Gasteiger partial charge in [0.25, 0.3) is 0 Å². The Balaban J connectivity index is 2.44. The van der Waals surface area contributed by atoms with E-state index in [0.29, 0.717) is 19.1 Å². The number of carbonyl (C=O) groups is 1. The van der Waals surface area contributed by atoms with Crippen LogP contribution in [0.25, 0.3) is 0 Å². The van der Waals surface area contributed by atoms with E-state index in [-0.39, 0.29) is 6.09 Å². The summed E-state index contributed by atoms with van der Waals surface area (Å²) in [6.45, 7) is 11.8. The number of hydrogen-bond acceptors (Lipinski definition) is 4. The molecule has 0 bridgehead atoms. The Morgan fingerprint density at radius 1 is 1.23 bits per heavy atom. The number of carbonyl (C=O) groups excluding carboxylic acids is 1. The minimum absolute atomic E-state index is 0.216. The number of rotatable bonds is 5. The van der Waals surface area contributed by atoms with E-state index in [4.69, 9.17) is 4.74 Å². The summed E-state index contributed by atoms with van der Waals surface area (Å²) in [6.07, 6.45) is 4.20. The van der Waals surface area contributed by atoms with Gasteiger partial charge in [-0.3, -0.25) is 0 Å². The molecular formula is C17H34N2O3. The second-order valence-electron chi connectivity index (χ2n) is 7.41. The summed E-state index contributed by atoms with van der Waals surface area (Å²) in [7, 11) is 0. The molecule has 1 aliphatic heterocycles. The van der Waals surface area contributed by atoms with Crippen molar-refractivity contribution in [1.82, 2.24) is 10.2 Å². The van der Waals surface area contributed by atoms with Crippen molar-refractivity contribution < 1.29 is 14.6 Å². The first kappa shape index (κ1) is 19.2. The van der Waals surface area contributed by atoms with Gasteiger partial charge in [-0.25, -0.2) is 4.79 Å². The fourth-order valence-corrected chi connectivity index (χ4v) is 2.64. The molecule has 0 spiro atoms. The first-order valence-corrected chi connectivity index (χ1v) is 8.63. The van der Waals surface area contributed by atoms with Gasteiger partial charge in [-0.1, -0.05) is 13.8 Å². The van der Waals surface area contributed by atoms with E-state index in [0.717, 1.165) is 38.6 Å². The van der Waals surface area contributed by atoms with Gasteiger partial charge in [0.2, 0.25) is 0 Å². The maximum Gasteiger partial charge on any atom is 0.410 e. The molecule has 0 aliphatic carbocycles. The third-order valence-corrected chi connectivity index (χ3v) is 4.42. The van der Waals surface area contributed by atoms with E-state index >= 15 is 0 Å². The molecule has 1 heterocycles. The van der Waals surface area contributed by atoms with Crippen LogP contribution in [0.3, 0.4) is 0 Å². The quantitative estimate of drug-likeness (QED) is 0.819. The van der Waals surface area contributed by atoms with Crippen molar-refractivity contribution in [2.45, 2.75) is 84.0 Å². The lowest BCUT2D eigenvalue weighted by Crippen LogP contribution is -2.44. The average Bonchev–Trinajstić information content (AvgIpc) is 2.68. The highest BCUT2D eigenvalue weighted by Crippen LogP contribution is 2.18. The molecular weight excluding hydrogens is 280 g/mol. The van der Waals surface area contributed by atoms with E-state index in [9.17, 15) is 9.90 Å². The zero-order valence-electron chi connectivity index (χ0n) is 14.9. The Morgan fingerprint density at radius 2 is 1.86 bits per heavy atom. The van der Waals surface area contributed by atoms with E-state index < -0.39 is 11.2 Å². The Morgan fingerprint density at radius 3 is 2.41 bits per heavy atom. The molecule has 1 rings (SSSR count). The number of aliphatic hydroxyl groups is 1. The predicted molar refractivity (Wildman–Crippen MR) is 89.0 cm³/mol. The first-order chi connectivity index (χ1) is 10.2. The molecule has 22 heavy (non-hydrogen) atoms. The largest absolute Gasteiger partial charge is 0.444 e. The Bertz CT molecular complexity index is 348. The molecule has 0 aromatic carbocycles. The van der Waals surface area contributed by atoms with Crippen molar-refractivity contribution in [1.29, 1.82) is 0 Å². The number of nitrogens with one attached hydrogen (secondary N) is 1. The van der Waals surface area contributed by atoms with Crippen LogP contribution in [-0.4, -0.2) is 53.0 Å². The maximum atomic E-state index is 12.1. The van der Waals surface area contributed by atoms with Gasteiger partial charge in [0.15, 0.2) is 0 Å². The smallest absolute Gasteiger partial charge is 0.410 e. The van der Waals surface area contributed by atoms with Crippen LogP contribution in [0, 0.1) is 0 Å². The molecule has 1 atom stereocenters. The monoisotopic (exact) mass is 314 g/mol. The van der Waals surface area contributed by atoms with Gasteiger partial charge in [0.1, 0.15) is 5.60 Å². The summed E-state index contributed by atoms with van der Waals surface area (Å²) < 4.78 is 5.44. The Kier molecular flexibility index (Phi) is 7.13. The van der Waals surface area contributed by atoms with Crippen LogP contribution in [0.4, 0.5) is 4.79 Å². The molecule has 5 heteroatoms. The number of likely N-dealkylation sites (tertiary alicyclic amines) is 1. The predicted octanol–water partition coefficient (Wildman–Crippen LogP) is 2.92. The minimum atomic E-state index is -0.614. The van der Waals surface area contributed by atoms with Gasteiger partial charge < -0.3 is 20.1 Å². The summed E-state index contributed by atoms with van der Waals surface area (Å²) in [5, 5.41) is 13.8. The second kappa shape index (κ2) is 8.16. The van der Waals surface area contributed by atoms with E-state index in [1.54, 1.807) is 4.90 Å². The molecule has 1 aliphatic rings. The molecule has 1 unspecified atom stereocenters. The van der Waals surface area contributed by atoms with Gasteiger partial charge in [0.05, 0.1) is 5.60 Å². The molecule has 1 amide bonds. The summed E-state index contributed by atoms with van der Waals surface area (Å²) in [5.41, 5.74) is -1.06. The highest BCUT2D eigenvalue weighted by molar-refractivity contribution is 5.68. The number of amides is 1. The summed E-state index contributed by atoms with van der Waals surface area (Å²) in [5.74, 6) is 0. The third kappa shape index (κ3) is 6.53. The number of nitrogens with zero attached hydrogens (tertiary/aromatic N) is 1. The SMILES string of the molecule is CCC(O)(CC)CNC1CCCN(C(=O)OC(C)(C)C)CC1. The van der Waals surface area contributed by atoms with Crippen molar-refractivity contribution in [3.8, 4) is 0 Å². The Hall–Kier alpha value is -0.810. The van der Waals surface area contributed by atoms with Crippen LogP contribution in [0.2, 0.25) is 0 Å². The Labute approximate surface area is 135 Å². The van der Waals surface area contributed by atoms with Crippen molar-refractivity contribution in [2.24, 2.45) is 0 Å². The normalized spacial score (nSPS) is 20.6. The van der Waals surface area contributed by atoms with Gasteiger partial charge in [-0.15, -0.1) is 0 Å². The van der Waals surface area contributed by atoms with Crippen LogP contribution < -0.4 is 5.32 Å². The molecule has 130 valence electrons. The molecule has 0 saturated carbocycles. The lowest BCUT2D eigenvalue weighted by Gasteiger charge is -2.29. The van der Waals surface area contributed by atoms with Crippen molar-refractivity contribution >= 4 is 6.09 Å². The lowest BCUT2D eigenvalue weighted by atomic mass is 9.96. The minimum Gasteiger partial charge on any atom is -0.444 e. The fraction of sp³-hybridized carbons (Fsp3) is 0.941. The van der Waals surface area contributed by atoms with E-state index in [1.165, 1.54) is 0 Å². The molecule has 0 aromatic rings.